The summed E-state index contributed by atoms with van der Waals surface area (Å²) >= 11 is 0. The molecule has 0 saturated heterocycles. The molecule has 0 spiro atoms. The molecule has 0 N–H and O–H groups in total. The SMILES string of the molecule is CCN(CC)c1cc(-c2c(C)noc2C)ccc1C. The molecule has 0 amide bonds. The van der Waals surface area contributed by atoms with Crippen LogP contribution in [0, 0.1) is 20.8 Å². The van der Waals surface area contributed by atoms with Gasteiger partial charge in [-0.2, -0.15) is 0 Å². The van der Waals surface area contributed by atoms with E-state index in [-0.39, 0.29) is 0 Å². The van der Waals surface area contributed by atoms with Crippen molar-refractivity contribution < 1.29 is 4.52 Å². The fourth-order valence-corrected chi connectivity index (χ4v) is 2.57. The van der Waals surface area contributed by atoms with Gasteiger partial charge >= 0.3 is 0 Å². The highest BCUT2D eigenvalue weighted by molar-refractivity contribution is 5.73. The zero-order chi connectivity index (χ0) is 14.0. The van der Waals surface area contributed by atoms with Gasteiger partial charge in [0.25, 0.3) is 0 Å². The summed E-state index contributed by atoms with van der Waals surface area (Å²) in [5, 5.41) is 4.04. The zero-order valence-electron chi connectivity index (χ0n) is 12.4. The van der Waals surface area contributed by atoms with E-state index in [1.54, 1.807) is 0 Å². The number of hydrogen-bond acceptors (Lipinski definition) is 3. The maximum absolute atomic E-state index is 5.27. The lowest BCUT2D eigenvalue weighted by Gasteiger charge is -2.24. The van der Waals surface area contributed by atoms with Crippen molar-refractivity contribution in [1.29, 1.82) is 0 Å². The van der Waals surface area contributed by atoms with E-state index in [0.29, 0.717) is 0 Å². The predicted molar refractivity (Wildman–Crippen MR) is 79.7 cm³/mol. The van der Waals surface area contributed by atoms with Crippen LogP contribution < -0.4 is 4.90 Å². The third-order valence-electron chi connectivity index (χ3n) is 3.64. The van der Waals surface area contributed by atoms with Gasteiger partial charge in [-0.15, -0.1) is 0 Å². The number of rotatable bonds is 4. The summed E-state index contributed by atoms with van der Waals surface area (Å²) in [6, 6.07) is 6.57. The molecule has 0 bridgehead atoms. The first-order valence-electron chi connectivity index (χ1n) is 6.87. The van der Waals surface area contributed by atoms with Gasteiger partial charge in [0.05, 0.1) is 5.69 Å². The smallest absolute Gasteiger partial charge is 0.141 e. The first kappa shape index (κ1) is 13.7. The van der Waals surface area contributed by atoms with Crippen LogP contribution >= 0.6 is 0 Å². The number of hydrogen-bond donors (Lipinski definition) is 0. The van der Waals surface area contributed by atoms with Crippen LogP contribution in [-0.4, -0.2) is 18.2 Å². The Morgan fingerprint density at radius 3 is 2.32 bits per heavy atom. The maximum atomic E-state index is 5.27. The van der Waals surface area contributed by atoms with E-state index >= 15 is 0 Å². The van der Waals surface area contributed by atoms with E-state index in [4.69, 9.17) is 4.52 Å². The molecule has 0 radical (unpaired) electrons. The van der Waals surface area contributed by atoms with Crippen LogP contribution in [0.15, 0.2) is 22.7 Å². The van der Waals surface area contributed by atoms with Crippen LogP contribution in [-0.2, 0) is 0 Å². The van der Waals surface area contributed by atoms with Gasteiger partial charge in [-0.25, -0.2) is 0 Å². The molecule has 0 saturated carbocycles. The van der Waals surface area contributed by atoms with Crippen molar-refractivity contribution in [3.63, 3.8) is 0 Å². The van der Waals surface area contributed by atoms with E-state index in [2.05, 4.69) is 49.0 Å². The molecular weight excluding hydrogens is 236 g/mol. The minimum absolute atomic E-state index is 0.881. The Labute approximate surface area is 115 Å². The van der Waals surface area contributed by atoms with Gasteiger partial charge in [-0.1, -0.05) is 17.3 Å². The predicted octanol–water partition coefficient (Wildman–Crippen LogP) is 4.11. The van der Waals surface area contributed by atoms with Crippen molar-refractivity contribution in [2.45, 2.75) is 34.6 Å². The third kappa shape index (κ3) is 2.50. The fourth-order valence-electron chi connectivity index (χ4n) is 2.57. The van der Waals surface area contributed by atoms with Gasteiger partial charge < -0.3 is 9.42 Å². The second kappa shape index (κ2) is 5.47. The Kier molecular flexibility index (Phi) is 3.93. The summed E-state index contributed by atoms with van der Waals surface area (Å²) < 4.78 is 5.27. The van der Waals surface area contributed by atoms with Gasteiger partial charge in [0.1, 0.15) is 5.76 Å². The first-order chi connectivity index (χ1) is 9.08. The minimum atomic E-state index is 0.881. The zero-order valence-corrected chi connectivity index (χ0v) is 12.4. The van der Waals surface area contributed by atoms with E-state index in [0.717, 1.165) is 30.1 Å². The normalized spacial score (nSPS) is 10.8. The molecule has 1 aromatic carbocycles. The largest absolute Gasteiger partial charge is 0.372 e. The molecule has 1 heterocycles. The van der Waals surface area contributed by atoms with Gasteiger partial charge in [-0.05, 0) is 51.8 Å². The van der Waals surface area contributed by atoms with Crippen molar-refractivity contribution in [3.05, 3.63) is 35.2 Å². The molecule has 3 nitrogen and oxygen atoms in total. The third-order valence-corrected chi connectivity index (χ3v) is 3.64. The molecule has 102 valence electrons. The molecule has 0 aliphatic carbocycles. The minimum Gasteiger partial charge on any atom is -0.372 e. The molecule has 0 aliphatic rings. The number of benzene rings is 1. The molecule has 19 heavy (non-hydrogen) atoms. The van der Waals surface area contributed by atoms with E-state index in [1.165, 1.54) is 16.8 Å². The Bertz CT molecular complexity index is 549. The van der Waals surface area contributed by atoms with Gasteiger partial charge in [0.2, 0.25) is 0 Å². The molecule has 2 aromatic rings. The van der Waals surface area contributed by atoms with Crippen molar-refractivity contribution in [2.75, 3.05) is 18.0 Å². The Hall–Kier alpha value is -1.77. The Morgan fingerprint density at radius 2 is 1.79 bits per heavy atom. The summed E-state index contributed by atoms with van der Waals surface area (Å²) in [6.07, 6.45) is 0. The molecule has 2 rings (SSSR count). The van der Waals surface area contributed by atoms with Gasteiger partial charge in [0.15, 0.2) is 0 Å². The molecule has 1 aromatic heterocycles. The summed E-state index contributed by atoms with van der Waals surface area (Å²) in [6.45, 7) is 12.5. The standard InChI is InChI=1S/C16H22N2O/c1-6-18(7-2)15-10-14(9-8-11(15)3)16-12(4)17-19-13(16)5/h8-10H,6-7H2,1-5H3. The quantitative estimate of drug-likeness (QED) is 0.826. The molecule has 3 heteroatoms. The summed E-state index contributed by atoms with van der Waals surface area (Å²) in [5.74, 6) is 0.881. The number of aromatic nitrogens is 1. The topological polar surface area (TPSA) is 29.3 Å². The number of aryl methyl sites for hydroxylation is 3. The van der Waals surface area contributed by atoms with Crippen LogP contribution in [0.5, 0.6) is 0 Å². The second-order valence-corrected chi connectivity index (χ2v) is 4.87. The van der Waals surface area contributed by atoms with Gasteiger partial charge in [0, 0.05) is 24.3 Å². The van der Waals surface area contributed by atoms with Crippen LogP contribution in [0.4, 0.5) is 5.69 Å². The van der Waals surface area contributed by atoms with E-state index < -0.39 is 0 Å². The molecule has 0 atom stereocenters. The van der Waals surface area contributed by atoms with Gasteiger partial charge in [-0.3, -0.25) is 0 Å². The first-order valence-corrected chi connectivity index (χ1v) is 6.87. The molecular formula is C16H22N2O. The Morgan fingerprint density at radius 1 is 1.11 bits per heavy atom. The number of anilines is 1. The van der Waals surface area contributed by atoms with Crippen LogP contribution in [0.3, 0.4) is 0 Å². The fraction of sp³-hybridized carbons (Fsp3) is 0.438. The Balaban J connectivity index is 2.53. The highest BCUT2D eigenvalue weighted by atomic mass is 16.5. The van der Waals surface area contributed by atoms with Crippen molar-refractivity contribution in [1.82, 2.24) is 5.16 Å². The van der Waals surface area contributed by atoms with Crippen LogP contribution in [0.1, 0.15) is 30.9 Å². The average Bonchev–Trinajstić information content (AvgIpc) is 2.73. The molecule has 0 fully saturated rings. The molecule has 0 aliphatic heterocycles. The lowest BCUT2D eigenvalue weighted by molar-refractivity contribution is 0.393. The summed E-state index contributed by atoms with van der Waals surface area (Å²) in [4.78, 5) is 2.37. The average molecular weight is 258 g/mol. The second-order valence-electron chi connectivity index (χ2n) is 4.87. The lowest BCUT2D eigenvalue weighted by atomic mass is 10.0. The maximum Gasteiger partial charge on any atom is 0.141 e. The monoisotopic (exact) mass is 258 g/mol. The lowest BCUT2D eigenvalue weighted by Crippen LogP contribution is -2.22. The summed E-state index contributed by atoms with van der Waals surface area (Å²) in [5.41, 5.74) is 5.85. The van der Waals surface area contributed by atoms with Crippen LogP contribution in [0.2, 0.25) is 0 Å². The van der Waals surface area contributed by atoms with Crippen molar-refractivity contribution in [2.24, 2.45) is 0 Å². The van der Waals surface area contributed by atoms with E-state index in [9.17, 15) is 0 Å². The van der Waals surface area contributed by atoms with Crippen molar-refractivity contribution >= 4 is 5.69 Å². The highest BCUT2D eigenvalue weighted by Gasteiger charge is 2.14. The highest BCUT2D eigenvalue weighted by Crippen LogP contribution is 2.31. The molecule has 0 unspecified atom stereocenters. The van der Waals surface area contributed by atoms with E-state index in [1.807, 2.05) is 13.8 Å². The summed E-state index contributed by atoms with van der Waals surface area (Å²) in [7, 11) is 0. The number of nitrogens with zero attached hydrogens (tertiary/aromatic N) is 2. The van der Waals surface area contributed by atoms with Crippen LogP contribution in [0.25, 0.3) is 11.1 Å². The van der Waals surface area contributed by atoms with Crippen molar-refractivity contribution in [3.8, 4) is 11.1 Å².